The van der Waals surface area contributed by atoms with Gasteiger partial charge in [-0.3, -0.25) is 9.36 Å². The number of carbonyl (C=O) groups excluding carboxylic acids is 1. The van der Waals surface area contributed by atoms with Crippen molar-refractivity contribution in [3.63, 3.8) is 0 Å². The number of aromatic nitrogens is 3. The first-order valence-electron chi connectivity index (χ1n) is 11.0. The molecule has 0 radical (unpaired) electrons. The van der Waals surface area contributed by atoms with Gasteiger partial charge in [0.25, 0.3) is 0 Å². The predicted octanol–water partition coefficient (Wildman–Crippen LogP) is 5.80. The maximum atomic E-state index is 13.4. The van der Waals surface area contributed by atoms with E-state index in [1.54, 1.807) is 23.5 Å². The van der Waals surface area contributed by atoms with Crippen LogP contribution in [0.25, 0.3) is 10.7 Å². The number of rotatable bonds is 8. The van der Waals surface area contributed by atoms with Gasteiger partial charge < -0.3 is 10.1 Å². The zero-order valence-electron chi connectivity index (χ0n) is 18.3. The Balaban J connectivity index is 1.46. The fourth-order valence-electron chi connectivity index (χ4n) is 3.87. The number of hydrogen-bond donors (Lipinski definition) is 1. The minimum absolute atomic E-state index is 0.0947. The average molecular weight is 495 g/mol. The molecule has 1 aliphatic heterocycles. The Bertz CT molecular complexity index is 1220. The number of hydrogen-bond acceptors (Lipinski definition) is 6. The van der Waals surface area contributed by atoms with Crippen LogP contribution in [0.1, 0.15) is 23.7 Å². The van der Waals surface area contributed by atoms with E-state index in [-0.39, 0.29) is 17.8 Å². The average Bonchev–Trinajstić information content (AvgIpc) is 3.63. The molecule has 0 bridgehead atoms. The number of thiophene rings is 1. The molecule has 1 saturated heterocycles. The van der Waals surface area contributed by atoms with Gasteiger partial charge in [-0.25, -0.2) is 4.39 Å². The van der Waals surface area contributed by atoms with Crippen LogP contribution in [0.4, 0.5) is 10.1 Å². The van der Waals surface area contributed by atoms with Gasteiger partial charge in [0, 0.05) is 12.3 Å². The molecule has 174 valence electrons. The van der Waals surface area contributed by atoms with E-state index < -0.39 is 5.25 Å². The van der Waals surface area contributed by atoms with Crippen LogP contribution in [0.3, 0.4) is 0 Å². The van der Waals surface area contributed by atoms with Gasteiger partial charge in [0.15, 0.2) is 11.0 Å². The summed E-state index contributed by atoms with van der Waals surface area (Å²) in [5.74, 6) is 0.209. The smallest absolute Gasteiger partial charge is 0.242 e. The Kier molecular flexibility index (Phi) is 7.03. The molecule has 2 aromatic carbocycles. The molecule has 9 heteroatoms. The topological polar surface area (TPSA) is 69.0 Å². The van der Waals surface area contributed by atoms with Gasteiger partial charge in [-0.2, -0.15) is 0 Å². The minimum atomic E-state index is -0.574. The molecule has 0 spiro atoms. The molecular formula is C25H23FN4O2S2. The summed E-state index contributed by atoms with van der Waals surface area (Å²) in [6.07, 6.45) is 2.12. The molecule has 2 atom stereocenters. The quantitative estimate of drug-likeness (QED) is 0.314. The lowest BCUT2D eigenvalue weighted by Gasteiger charge is -2.19. The zero-order chi connectivity index (χ0) is 23.3. The molecule has 4 aromatic rings. The van der Waals surface area contributed by atoms with Crippen molar-refractivity contribution >= 4 is 34.7 Å². The van der Waals surface area contributed by atoms with E-state index in [2.05, 4.69) is 20.1 Å². The summed E-state index contributed by atoms with van der Waals surface area (Å²) >= 11 is 2.96. The van der Waals surface area contributed by atoms with Crippen LogP contribution in [0.5, 0.6) is 0 Å². The molecule has 6 nitrogen and oxygen atoms in total. The van der Waals surface area contributed by atoms with E-state index in [1.165, 1.54) is 23.9 Å². The summed E-state index contributed by atoms with van der Waals surface area (Å²) in [5.41, 5.74) is 1.38. The largest absolute Gasteiger partial charge is 0.376 e. The van der Waals surface area contributed by atoms with Crippen LogP contribution in [-0.2, 0) is 16.1 Å². The van der Waals surface area contributed by atoms with Crippen LogP contribution < -0.4 is 5.32 Å². The number of ether oxygens (including phenoxy) is 1. The van der Waals surface area contributed by atoms with Gasteiger partial charge in [-0.15, -0.1) is 21.5 Å². The zero-order valence-corrected chi connectivity index (χ0v) is 19.9. The molecule has 0 unspecified atom stereocenters. The number of nitrogens with one attached hydrogen (secondary N) is 1. The summed E-state index contributed by atoms with van der Waals surface area (Å²) in [6, 6.07) is 19.3. The lowest BCUT2D eigenvalue weighted by atomic mass is 10.1. The number of anilines is 1. The lowest BCUT2D eigenvalue weighted by molar-refractivity contribution is -0.115. The molecule has 0 aliphatic carbocycles. The molecule has 0 saturated carbocycles. The monoisotopic (exact) mass is 494 g/mol. The summed E-state index contributed by atoms with van der Waals surface area (Å²) in [5, 5.41) is 14.0. The fourth-order valence-corrected chi connectivity index (χ4v) is 5.63. The van der Waals surface area contributed by atoms with Gasteiger partial charge in [0.1, 0.15) is 11.1 Å². The summed E-state index contributed by atoms with van der Waals surface area (Å²) in [6.45, 7) is 1.39. The molecular weight excluding hydrogens is 471 g/mol. The molecule has 1 aliphatic rings. The summed E-state index contributed by atoms with van der Waals surface area (Å²) < 4.78 is 21.3. The Morgan fingerprint density at radius 1 is 1.15 bits per heavy atom. The Hall–Kier alpha value is -3.01. The highest BCUT2D eigenvalue weighted by atomic mass is 32.2. The van der Waals surface area contributed by atoms with Gasteiger partial charge in [0.05, 0.1) is 17.5 Å². The molecule has 5 rings (SSSR count). The number of nitrogens with zero attached hydrogens (tertiary/aromatic N) is 3. The lowest BCUT2D eigenvalue weighted by Crippen LogP contribution is -2.21. The number of benzene rings is 2. The van der Waals surface area contributed by atoms with E-state index in [4.69, 9.17) is 4.74 Å². The summed E-state index contributed by atoms with van der Waals surface area (Å²) in [7, 11) is 0. The maximum Gasteiger partial charge on any atom is 0.242 e. The predicted molar refractivity (Wildman–Crippen MR) is 132 cm³/mol. The molecule has 1 fully saturated rings. The normalized spacial score (nSPS) is 16.4. The standard InChI is InChI=1S/C25H23FN4O2S2/c26-18-10-12-19(13-11-18)27-24(31)22(17-6-2-1-3-7-17)34-25-29-28-23(21-9-5-15-33-21)30(25)16-20-8-4-14-32-20/h1-3,5-7,9-13,15,20,22H,4,8,14,16H2,(H,27,31)/t20-,22+/m1/s1. The molecule has 3 heterocycles. The van der Waals surface area contributed by atoms with Crippen molar-refractivity contribution in [2.45, 2.75) is 35.9 Å². The van der Waals surface area contributed by atoms with E-state index in [0.717, 1.165) is 35.7 Å². The number of amides is 1. The van der Waals surface area contributed by atoms with Crippen molar-refractivity contribution in [2.24, 2.45) is 0 Å². The van der Waals surface area contributed by atoms with Gasteiger partial charge in [0.2, 0.25) is 5.91 Å². The molecule has 1 N–H and O–H groups in total. The van der Waals surface area contributed by atoms with Crippen molar-refractivity contribution in [1.29, 1.82) is 0 Å². The SMILES string of the molecule is O=C(Nc1ccc(F)cc1)[C@@H](Sc1nnc(-c2cccs2)n1C[C@H]1CCCO1)c1ccccc1. The highest BCUT2D eigenvalue weighted by Gasteiger charge is 2.28. The van der Waals surface area contributed by atoms with Gasteiger partial charge in [-0.1, -0.05) is 48.2 Å². The Morgan fingerprint density at radius 2 is 1.97 bits per heavy atom. The highest BCUT2D eigenvalue weighted by molar-refractivity contribution is 8.00. The number of halogens is 1. The molecule has 34 heavy (non-hydrogen) atoms. The number of thioether (sulfide) groups is 1. The highest BCUT2D eigenvalue weighted by Crippen LogP contribution is 2.38. The second-order valence-electron chi connectivity index (χ2n) is 7.93. The van der Waals surface area contributed by atoms with Crippen LogP contribution in [-0.4, -0.2) is 33.4 Å². The summed E-state index contributed by atoms with van der Waals surface area (Å²) in [4.78, 5) is 14.4. The molecule has 2 aromatic heterocycles. The maximum absolute atomic E-state index is 13.4. The third kappa shape index (κ3) is 5.22. The van der Waals surface area contributed by atoms with Gasteiger partial charge in [-0.05, 0) is 54.1 Å². The van der Waals surface area contributed by atoms with Crippen LogP contribution >= 0.6 is 23.1 Å². The van der Waals surface area contributed by atoms with E-state index in [0.29, 0.717) is 17.4 Å². The van der Waals surface area contributed by atoms with E-state index >= 15 is 0 Å². The van der Waals surface area contributed by atoms with Crippen LogP contribution in [0, 0.1) is 5.82 Å². The Morgan fingerprint density at radius 3 is 2.68 bits per heavy atom. The van der Waals surface area contributed by atoms with Crippen molar-refractivity contribution in [3.8, 4) is 10.7 Å². The van der Waals surface area contributed by atoms with Gasteiger partial charge >= 0.3 is 0 Å². The first-order valence-corrected chi connectivity index (χ1v) is 12.8. The Labute approximate surface area is 205 Å². The van der Waals surface area contributed by atoms with Crippen LogP contribution in [0.2, 0.25) is 0 Å². The number of carbonyl (C=O) groups is 1. The first-order chi connectivity index (χ1) is 16.7. The van der Waals surface area contributed by atoms with Crippen LogP contribution in [0.15, 0.2) is 77.3 Å². The third-order valence-electron chi connectivity index (χ3n) is 5.54. The van der Waals surface area contributed by atoms with Crippen molar-refractivity contribution < 1.29 is 13.9 Å². The molecule has 1 amide bonds. The first kappa shape index (κ1) is 22.8. The van der Waals surface area contributed by atoms with Crippen molar-refractivity contribution in [1.82, 2.24) is 14.8 Å². The van der Waals surface area contributed by atoms with E-state index in [9.17, 15) is 9.18 Å². The fraction of sp³-hybridized carbons (Fsp3) is 0.240. The van der Waals surface area contributed by atoms with Crippen molar-refractivity contribution in [2.75, 3.05) is 11.9 Å². The second kappa shape index (κ2) is 10.5. The third-order valence-corrected chi connectivity index (χ3v) is 7.64. The second-order valence-corrected chi connectivity index (χ2v) is 9.95. The van der Waals surface area contributed by atoms with Crippen molar-refractivity contribution in [3.05, 3.63) is 83.5 Å². The minimum Gasteiger partial charge on any atom is -0.376 e. The van der Waals surface area contributed by atoms with E-state index in [1.807, 2.05) is 47.8 Å².